The van der Waals surface area contributed by atoms with E-state index in [0.717, 1.165) is 18.4 Å². The van der Waals surface area contributed by atoms with Gasteiger partial charge in [0.05, 0.1) is 24.3 Å². The molecule has 1 aliphatic carbocycles. The quantitative estimate of drug-likeness (QED) is 0.484. The number of esters is 1. The second-order valence-corrected chi connectivity index (χ2v) is 7.88. The minimum atomic E-state index is -0.460. The number of amides is 3. The van der Waals surface area contributed by atoms with E-state index in [9.17, 15) is 19.2 Å². The topological polar surface area (TPSA) is 84.0 Å². The first-order valence-electron chi connectivity index (χ1n) is 10.5. The van der Waals surface area contributed by atoms with Crippen molar-refractivity contribution in [2.24, 2.45) is 5.92 Å². The summed E-state index contributed by atoms with van der Waals surface area (Å²) in [6.07, 6.45) is 2.05. The van der Waals surface area contributed by atoms with E-state index in [1.807, 2.05) is 30.3 Å². The van der Waals surface area contributed by atoms with Gasteiger partial charge in [0.25, 0.3) is 17.7 Å². The number of hydrogen-bond acceptors (Lipinski definition) is 5. The highest BCUT2D eigenvalue weighted by atomic mass is 16.5. The maximum atomic E-state index is 13.1. The molecule has 0 radical (unpaired) electrons. The van der Waals surface area contributed by atoms with E-state index in [4.69, 9.17) is 4.74 Å². The summed E-state index contributed by atoms with van der Waals surface area (Å²) in [5.41, 5.74) is 1.63. The molecule has 0 saturated heterocycles. The third-order valence-corrected chi connectivity index (χ3v) is 5.49. The second-order valence-electron chi connectivity index (χ2n) is 7.88. The van der Waals surface area contributed by atoms with E-state index in [-0.39, 0.29) is 48.2 Å². The number of ether oxygens (including phenoxy) is 1. The Hall–Kier alpha value is -3.48. The number of fused-ring (bicyclic) bond motifs is 1. The molecule has 1 aliphatic heterocycles. The summed E-state index contributed by atoms with van der Waals surface area (Å²) < 4.78 is 5.00. The molecule has 160 valence electrons. The number of hydrogen-bond donors (Lipinski definition) is 0. The molecule has 0 unspecified atom stereocenters. The molecule has 2 aromatic carbocycles. The summed E-state index contributed by atoms with van der Waals surface area (Å²) in [5.74, 6) is -1.21. The Morgan fingerprint density at radius 1 is 1.03 bits per heavy atom. The summed E-state index contributed by atoms with van der Waals surface area (Å²) in [6.45, 7) is 2.48. The highest BCUT2D eigenvalue weighted by Gasteiger charge is 2.37. The molecule has 1 saturated carbocycles. The smallest absolute Gasteiger partial charge is 0.325 e. The van der Waals surface area contributed by atoms with Crippen molar-refractivity contribution in [2.75, 3.05) is 19.7 Å². The van der Waals surface area contributed by atoms with Gasteiger partial charge < -0.3 is 9.64 Å². The monoisotopic (exact) mass is 420 g/mol. The maximum Gasteiger partial charge on any atom is 0.325 e. The lowest BCUT2D eigenvalue weighted by Crippen LogP contribution is -2.38. The van der Waals surface area contributed by atoms with Gasteiger partial charge in [0.2, 0.25) is 0 Å². The molecule has 7 nitrogen and oxygen atoms in total. The minimum Gasteiger partial charge on any atom is -0.465 e. The maximum absolute atomic E-state index is 13.1. The predicted octanol–water partition coefficient (Wildman–Crippen LogP) is 2.90. The Bertz CT molecular complexity index is 1030. The average molecular weight is 420 g/mol. The van der Waals surface area contributed by atoms with Gasteiger partial charge in [0, 0.05) is 12.1 Å². The van der Waals surface area contributed by atoms with E-state index >= 15 is 0 Å². The fourth-order valence-electron chi connectivity index (χ4n) is 3.71. The SMILES string of the molecule is CCOC(=O)CN(CC1CC1)C(=O)c1ccc2c(c1)C(=O)N(Cc1ccccc1)C2=O. The first kappa shape index (κ1) is 20.8. The van der Waals surface area contributed by atoms with Crippen molar-refractivity contribution < 1.29 is 23.9 Å². The van der Waals surface area contributed by atoms with Gasteiger partial charge in [-0.1, -0.05) is 30.3 Å². The van der Waals surface area contributed by atoms with Crippen LogP contribution in [-0.2, 0) is 16.1 Å². The molecular weight excluding hydrogens is 396 g/mol. The summed E-state index contributed by atoms with van der Waals surface area (Å²) in [4.78, 5) is 53.4. The number of nitrogens with zero attached hydrogens (tertiary/aromatic N) is 2. The van der Waals surface area contributed by atoms with Crippen LogP contribution in [0.4, 0.5) is 0 Å². The van der Waals surface area contributed by atoms with Crippen molar-refractivity contribution in [1.82, 2.24) is 9.80 Å². The van der Waals surface area contributed by atoms with Crippen LogP contribution in [-0.4, -0.2) is 53.2 Å². The van der Waals surface area contributed by atoms with Gasteiger partial charge in [-0.05, 0) is 49.4 Å². The van der Waals surface area contributed by atoms with Crippen molar-refractivity contribution in [1.29, 1.82) is 0 Å². The van der Waals surface area contributed by atoms with Crippen LogP contribution in [0, 0.1) is 5.92 Å². The molecule has 0 aromatic heterocycles. The van der Waals surface area contributed by atoms with E-state index in [2.05, 4.69) is 0 Å². The van der Waals surface area contributed by atoms with Gasteiger partial charge in [-0.25, -0.2) is 0 Å². The molecular formula is C24H24N2O5. The first-order valence-corrected chi connectivity index (χ1v) is 10.5. The zero-order valence-electron chi connectivity index (χ0n) is 17.4. The normalized spacial score (nSPS) is 15.1. The van der Waals surface area contributed by atoms with Crippen LogP contribution in [0.15, 0.2) is 48.5 Å². The Kier molecular flexibility index (Phi) is 5.84. The molecule has 2 aromatic rings. The number of carbonyl (C=O) groups excluding carboxylic acids is 4. The fraction of sp³-hybridized carbons (Fsp3) is 0.333. The van der Waals surface area contributed by atoms with Crippen LogP contribution in [0.3, 0.4) is 0 Å². The number of imide groups is 1. The molecule has 31 heavy (non-hydrogen) atoms. The van der Waals surface area contributed by atoms with E-state index in [0.29, 0.717) is 12.5 Å². The zero-order valence-corrected chi connectivity index (χ0v) is 17.4. The van der Waals surface area contributed by atoms with Crippen LogP contribution >= 0.6 is 0 Å². The second kappa shape index (κ2) is 8.71. The molecule has 7 heteroatoms. The van der Waals surface area contributed by atoms with Gasteiger partial charge >= 0.3 is 5.97 Å². The number of benzene rings is 2. The van der Waals surface area contributed by atoms with E-state index < -0.39 is 11.9 Å². The minimum absolute atomic E-state index is 0.132. The Labute approximate surface area is 180 Å². The molecule has 0 atom stereocenters. The molecule has 1 heterocycles. The van der Waals surface area contributed by atoms with Crippen LogP contribution in [0.5, 0.6) is 0 Å². The first-order chi connectivity index (χ1) is 15.0. The molecule has 2 aliphatic rings. The zero-order chi connectivity index (χ0) is 22.0. The van der Waals surface area contributed by atoms with Gasteiger partial charge in [-0.15, -0.1) is 0 Å². The number of rotatable bonds is 8. The Morgan fingerprint density at radius 2 is 1.74 bits per heavy atom. The standard InChI is InChI=1S/C24H24N2O5/c1-2-31-21(27)15-25(13-17-8-9-17)22(28)18-10-11-19-20(12-18)24(30)26(23(19)29)14-16-6-4-3-5-7-16/h3-7,10-12,17H,2,8-9,13-15H2,1H3. The molecule has 0 spiro atoms. The summed E-state index contributed by atoms with van der Waals surface area (Å²) in [7, 11) is 0. The van der Waals surface area contributed by atoms with Crippen molar-refractivity contribution in [3.05, 3.63) is 70.8 Å². The molecule has 0 N–H and O–H groups in total. The lowest BCUT2D eigenvalue weighted by molar-refractivity contribution is -0.143. The lowest BCUT2D eigenvalue weighted by atomic mass is 10.0. The van der Waals surface area contributed by atoms with E-state index in [1.54, 1.807) is 13.0 Å². The van der Waals surface area contributed by atoms with Gasteiger partial charge in [0.15, 0.2) is 0 Å². The number of carbonyl (C=O) groups is 4. The molecule has 3 amide bonds. The van der Waals surface area contributed by atoms with Crippen LogP contribution in [0.1, 0.15) is 56.4 Å². The summed E-state index contributed by atoms with van der Waals surface area (Å²) >= 11 is 0. The lowest BCUT2D eigenvalue weighted by Gasteiger charge is -2.22. The van der Waals surface area contributed by atoms with E-state index in [1.165, 1.54) is 21.9 Å². The third-order valence-electron chi connectivity index (χ3n) is 5.49. The van der Waals surface area contributed by atoms with Gasteiger partial charge in [0.1, 0.15) is 6.54 Å². The van der Waals surface area contributed by atoms with Crippen molar-refractivity contribution in [3.63, 3.8) is 0 Å². The summed E-state index contributed by atoms with van der Waals surface area (Å²) in [6, 6.07) is 13.8. The van der Waals surface area contributed by atoms with Crippen LogP contribution < -0.4 is 0 Å². The third kappa shape index (κ3) is 4.50. The average Bonchev–Trinajstić information content (AvgIpc) is 3.56. The van der Waals surface area contributed by atoms with Crippen LogP contribution in [0.2, 0.25) is 0 Å². The fourth-order valence-corrected chi connectivity index (χ4v) is 3.71. The highest BCUT2D eigenvalue weighted by molar-refractivity contribution is 6.22. The van der Waals surface area contributed by atoms with Crippen molar-refractivity contribution in [3.8, 4) is 0 Å². The Morgan fingerprint density at radius 3 is 2.42 bits per heavy atom. The van der Waals surface area contributed by atoms with Gasteiger partial charge in [-0.2, -0.15) is 0 Å². The Balaban J connectivity index is 1.55. The predicted molar refractivity (Wildman–Crippen MR) is 112 cm³/mol. The van der Waals surface area contributed by atoms with Crippen molar-refractivity contribution in [2.45, 2.75) is 26.3 Å². The molecule has 1 fully saturated rings. The van der Waals surface area contributed by atoms with Gasteiger partial charge in [-0.3, -0.25) is 24.1 Å². The van der Waals surface area contributed by atoms with Crippen molar-refractivity contribution >= 4 is 23.7 Å². The molecule has 4 rings (SSSR count). The largest absolute Gasteiger partial charge is 0.465 e. The highest BCUT2D eigenvalue weighted by Crippen LogP contribution is 2.31. The molecule has 0 bridgehead atoms. The summed E-state index contributed by atoms with van der Waals surface area (Å²) in [5, 5.41) is 0. The van der Waals surface area contributed by atoms with Crippen LogP contribution in [0.25, 0.3) is 0 Å².